The summed E-state index contributed by atoms with van der Waals surface area (Å²) in [5, 5.41) is 13.5. The summed E-state index contributed by atoms with van der Waals surface area (Å²) < 4.78 is 5.99. The van der Waals surface area contributed by atoms with Gasteiger partial charge >= 0.3 is 5.91 Å². The van der Waals surface area contributed by atoms with Crippen molar-refractivity contribution in [1.82, 2.24) is 4.98 Å². The van der Waals surface area contributed by atoms with E-state index in [2.05, 4.69) is 4.98 Å². The predicted molar refractivity (Wildman–Crippen MR) is 136 cm³/mol. The van der Waals surface area contributed by atoms with Crippen molar-refractivity contribution in [3.63, 3.8) is 0 Å². The number of carbonyl (C=O) groups excluding carboxylic acids is 2. The van der Waals surface area contributed by atoms with Crippen LogP contribution in [0.15, 0.2) is 89.9 Å². The first-order chi connectivity index (χ1) is 16.9. The number of carbonyl (C=O) groups is 2. The Morgan fingerprint density at radius 3 is 2.49 bits per heavy atom. The third-order valence-electron chi connectivity index (χ3n) is 5.87. The van der Waals surface area contributed by atoms with Gasteiger partial charge in [-0.1, -0.05) is 48.0 Å². The van der Waals surface area contributed by atoms with Crippen molar-refractivity contribution in [2.45, 2.75) is 19.9 Å². The number of Topliss-reactive ketones (excluding diaryl/α,β-unsaturated/α-hetero) is 1. The second-order valence-electron chi connectivity index (χ2n) is 8.29. The molecule has 1 atom stereocenters. The Labute approximate surface area is 206 Å². The first kappa shape index (κ1) is 22.6. The van der Waals surface area contributed by atoms with Gasteiger partial charge in [0.15, 0.2) is 5.13 Å². The highest BCUT2D eigenvalue weighted by atomic mass is 32.1. The molecule has 0 spiro atoms. The van der Waals surface area contributed by atoms with Crippen molar-refractivity contribution < 1.29 is 19.4 Å². The molecule has 6 nitrogen and oxygen atoms in total. The molecule has 7 heteroatoms. The summed E-state index contributed by atoms with van der Waals surface area (Å²) in [6.07, 6.45) is 1.58. The number of anilines is 1. The van der Waals surface area contributed by atoms with Gasteiger partial charge in [-0.05, 0) is 55.3 Å². The van der Waals surface area contributed by atoms with E-state index < -0.39 is 17.7 Å². The highest BCUT2D eigenvalue weighted by Gasteiger charge is 2.48. The maximum absolute atomic E-state index is 13.3. The Morgan fingerprint density at radius 1 is 0.971 bits per heavy atom. The topological polar surface area (TPSA) is 79.7 Å². The molecule has 1 aliphatic heterocycles. The van der Waals surface area contributed by atoms with Crippen molar-refractivity contribution in [1.29, 1.82) is 0 Å². The van der Waals surface area contributed by atoms with E-state index in [9.17, 15) is 14.7 Å². The van der Waals surface area contributed by atoms with Gasteiger partial charge in [-0.2, -0.15) is 0 Å². The average molecular weight is 483 g/mol. The van der Waals surface area contributed by atoms with Crippen molar-refractivity contribution in [2.75, 3.05) is 4.90 Å². The van der Waals surface area contributed by atoms with Gasteiger partial charge in [-0.25, -0.2) is 4.98 Å². The summed E-state index contributed by atoms with van der Waals surface area (Å²) >= 11 is 1.25. The molecular formula is C28H22N2O4S. The number of aromatic nitrogens is 1. The SMILES string of the molecule is Cc1ccc(C)c(C(O)=C2C(=O)C(=O)N(c3nccs3)C2c2cccc(Oc3ccccc3)c2)c1. The molecule has 1 saturated heterocycles. The molecule has 174 valence electrons. The molecule has 0 radical (unpaired) electrons. The molecule has 1 aliphatic rings. The van der Waals surface area contributed by atoms with Crippen LogP contribution in [0.4, 0.5) is 5.13 Å². The van der Waals surface area contributed by atoms with Gasteiger partial charge in [0.25, 0.3) is 5.78 Å². The Kier molecular flexibility index (Phi) is 5.93. The van der Waals surface area contributed by atoms with Gasteiger partial charge in [-0.15, -0.1) is 11.3 Å². The molecule has 0 saturated carbocycles. The lowest BCUT2D eigenvalue weighted by Crippen LogP contribution is -2.29. The summed E-state index contributed by atoms with van der Waals surface area (Å²) in [6.45, 7) is 3.76. The summed E-state index contributed by atoms with van der Waals surface area (Å²) in [5.74, 6) is -0.480. The van der Waals surface area contributed by atoms with E-state index in [4.69, 9.17) is 4.74 Å². The number of para-hydroxylation sites is 1. The highest BCUT2D eigenvalue weighted by molar-refractivity contribution is 7.14. The summed E-state index contributed by atoms with van der Waals surface area (Å²) in [4.78, 5) is 32.2. The monoisotopic (exact) mass is 482 g/mol. The number of hydrogen-bond donors (Lipinski definition) is 1. The number of ether oxygens (including phenoxy) is 1. The van der Waals surface area contributed by atoms with E-state index in [1.807, 2.05) is 68.4 Å². The molecular weight excluding hydrogens is 460 g/mol. The highest BCUT2D eigenvalue weighted by Crippen LogP contribution is 2.44. The molecule has 1 aromatic heterocycles. The number of aryl methyl sites for hydroxylation is 2. The number of thiazole rings is 1. The minimum Gasteiger partial charge on any atom is -0.507 e. The number of aliphatic hydroxyl groups excluding tert-OH is 1. The Hall–Kier alpha value is -4.23. The van der Waals surface area contributed by atoms with E-state index in [0.29, 0.717) is 27.8 Å². The zero-order chi connectivity index (χ0) is 24.5. The van der Waals surface area contributed by atoms with Gasteiger partial charge in [0.1, 0.15) is 17.3 Å². The van der Waals surface area contributed by atoms with Crippen LogP contribution in [0.2, 0.25) is 0 Å². The summed E-state index contributed by atoms with van der Waals surface area (Å²) in [5.41, 5.74) is 2.90. The van der Waals surface area contributed by atoms with Crippen molar-refractivity contribution in [3.8, 4) is 11.5 Å². The van der Waals surface area contributed by atoms with E-state index >= 15 is 0 Å². The number of hydrogen-bond acceptors (Lipinski definition) is 6. The fourth-order valence-corrected chi connectivity index (χ4v) is 4.86. The van der Waals surface area contributed by atoms with Gasteiger partial charge in [0.2, 0.25) is 0 Å². The molecule has 1 N–H and O–H groups in total. The largest absolute Gasteiger partial charge is 0.507 e. The molecule has 2 heterocycles. The van der Waals surface area contributed by atoms with Gasteiger partial charge in [0.05, 0.1) is 11.6 Å². The fourth-order valence-electron chi connectivity index (χ4n) is 4.19. The minimum atomic E-state index is -0.861. The van der Waals surface area contributed by atoms with Crippen molar-refractivity contribution >= 4 is 33.9 Å². The molecule has 0 aliphatic carbocycles. The zero-order valence-electron chi connectivity index (χ0n) is 19.1. The Bertz CT molecular complexity index is 1450. The van der Waals surface area contributed by atoms with E-state index in [0.717, 1.165) is 11.1 Å². The third-order valence-corrected chi connectivity index (χ3v) is 6.64. The van der Waals surface area contributed by atoms with E-state index in [1.54, 1.807) is 29.8 Å². The molecule has 1 fully saturated rings. The zero-order valence-corrected chi connectivity index (χ0v) is 20.0. The molecule has 1 amide bonds. The van der Waals surface area contributed by atoms with Crippen LogP contribution in [0.25, 0.3) is 5.76 Å². The van der Waals surface area contributed by atoms with E-state index in [1.165, 1.54) is 16.2 Å². The molecule has 1 unspecified atom stereocenters. The van der Waals surface area contributed by atoms with Crippen LogP contribution in [0, 0.1) is 13.8 Å². The van der Waals surface area contributed by atoms with Crippen molar-refractivity contribution in [3.05, 3.63) is 112 Å². The van der Waals surface area contributed by atoms with Crippen LogP contribution in [0.5, 0.6) is 11.5 Å². The predicted octanol–water partition coefficient (Wildman–Crippen LogP) is 6.18. The van der Waals surface area contributed by atoms with Crippen LogP contribution in [-0.4, -0.2) is 21.8 Å². The lowest BCUT2D eigenvalue weighted by molar-refractivity contribution is -0.132. The molecule has 35 heavy (non-hydrogen) atoms. The maximum atomic E-state index is 13.3. The summed E-state index contributed by atoms with van der Waals surface area (Å²) in [6, 6.07) is 21.3. The smallest absolute Gasteiger partial charge is 0.301 e. The molecule has 4 aromatic rings. The van der Waals surface area contributed by atoms with Crippen LogP contribution < -0.4 is 9.64 Å². The molecule has 0 bridgehead atoms. The number of ketones is 1. The second kappa shape index (κ2) is 9.19. The van der Waals surface area contributed by atoms with E-state index in [-0.39, 0.29) is 11.3 Å². The van der Waals surface area contributed by atoms with Crippen LogP contribution in [0.1, 0.15) is 28.3 Å². The lowest BCUT2D eigenvalue weighted by Gasteiger charge is -2.23. The number of benzene rings is 3. The average Bonchev–Trinajstić information content (AvgIpc) is 3.48. The standard InChI is InChI=1S/C28H22N2O4S/c1-17-11-12-18(2)22(15-17)25(31)23-24(30(27(33)26(23)32)28-29-13-14-35-28)19-7-6-10-21(16-19)34-20-8-4-3-5-9-20/h3-16,24,31H,1-2H3. The van der Waals surface area contributed by atoms with Crippen LogP contribution in [0.3, 0.4) is 0 Å². The molecule has 5 rings (SSSR count). The number of nitrogens with zero attached hydrogens (tertiary/aromatic N) is 2. The first-order valence-electron chi connectivity index (χ1n) is 11.0. The number of rotatable bonds is 5. The quantitative estimate of drug-likeness (QED) is 0.209. The number of amides is 1. The van der Waals surface area contributed by atoms with Crippen LogP contribution >= 0.6 is 11.3 Å². The van der Waals surface area contributed by atoms with Gasteiger partial charge < -0.3 is 9.84 Å². The summed E-state index contributed by atoms with van der Waals surface area (Å²) in [7, 11) is 0. The Balaban J connectivity index is 1.68. The van der Waals surface area contributed by atoms with Gasteiger partial charge in [-0.3, -0.25) is 14.5 Å². The number of aliphatic hydroxyl groups is 1. The van der Waals surface area contributed by atoms with Crippen LogP contribution in [-0.2, 0) is 9.59 Å². The lowest BCUT2D eigenvalue weighted by atomic mass is 9.93. The third kappa shape index (κ3) is 4.22. The van der Waals surface area contributed by atoms with Gasteiger partial charge in [0, 0.05) is 17.1 Å². The van der Waals surface area contributed by atoms with Crippen molar-refractivity contribution in [2.24, 2.45) is 0 Å². The fraction of sp³-hybridized carbons (Fsp3) is 0.107. The maximum Gasteiger partial charge on any atom is 0.301 e. The second-order valence-corrected chi connectivity index (χ2v) is 9.16. The minimum absolute atomic E-state index is 0.0239. The molecule has 3 aromatic carbocycles. The first-order valence-corrected chi connectivity index (χ1v) is 11.9. The normalized spacial score (nSPS) is 17.1. The Morgan fingerprint density at radius 2 is 1.74 bits per heavy atom.